The first kappa shape index (κ1) is 12.2. The second-order valence-corrected chi connectivity index (χ2v) is 4.29. The predicted molar refractivity (Wildman–Crippen MR) is 70.1 cm³/mol. The second kappa shape index (κ2) is 5.00. The predicted octanol–water partition coefficient (Wildman–Crippen LogP) is 2.13. The van der Waals surface area contributed by atoms with Crippen LogP contribution in [0.4, 0.5) is 0 Å². The Labute approximate surface area is 114 Å². The van der Waals surface area contributed by atoms with Gasteiger partial charge in [-0.15, -0.1) is 0 Å². The van der Waals surface area contributed by atoms with E-state index in [0.29, 0.717) is 17.8 Å². The van der Waals surface area contributed by atoms with Crippen molar-refractivity contribution in [3.8, 4) is 23.0 Å². The fourth-order valence-corrected chi connectivity index (χ4v) is 1.84. The van der Waals surface area contributed by atoms with Gasteiger partial charge in [0.15, 0.2) is 5.82 Å². The van der Waals surface area contributed by atoms with Crippen LogP contribution < -0.4 is 0 Å². The molecule has 3 rings (SSSR count). The van der Waals surface area contributed by atoms with E-state index in [1.165, 1.54) is 18.2 Å². The van der Waals surface area contributed by atoms with E-state index in [1.54, 1.807) is 12.4 Å². The summed E-state index contributed by atoms with van der Waals surface area (Å²) in [6, 6.07) is 7.87. The van der Waals surface area contributed by atoms with Crippen LogP contribution >= 0.6 is 0 Å². The minimum atomic E-state index is -0.0612. The van der Waals surface area contributed by atoms with E-state index in [0.717, 1.165) is 5.56 Å². The summed E-state index contributed by atoms with van der Waals surface area (Å²) in [6.45, 7) is 0. The molecule has 0 amide bonds. The van der Waals surface area contributed by atoms with Crippen LogP contribution in [0.3, 0.4) is 0 Å². The first-order valence-electron chi connectivity index (χ1n) is 5.95. The summed E-state index contributed by atoms with van der Waals surface area (Å²) < 4.78 is 5.13. The van der Waals surface area contributed by atoms with Crippen molar-refractivity contribution in [3.05, 3.63) is 54.1 Å². The van der Waals surface area contributed by atoms with Crippen LogP contribution in [0.15, 0.2) is 47.2 Å². The van der Waals surface area contributed by atoms with Gasteiger partial charge in [-0.25, -0.2) is 0 Å². The van der Waals surface area contributed by atoms with Gasteiger partial charge in [-0.2, -0.15) is 4.98 Å². The molecule has 0 aliphatic carbocycles. The SMILES string of the molecule is Oc1cc(O)cc(-c2nc(Cc3ccncc3)no2)c1. The maximum absolute atomic E-state index is 9.44. The molecule has 0 aliphatic heterocycles. The van der Waals surface area contributed by atoms with E-state index in [4.69, 9.17) is 4.52 Å². The first-order valence-corrected chi connectivity index (χ1v) is 5.95. The van der Waals surface area contributed by atoms with E-state index < -0.39 is 0 Å². The van der Waals surface area contributed by atoms with Crippen LogP contribution in [0, 0.1) is 0 Å². The number of rotatable bonds is 3. The highest BCUT2D eigenvalue weighted by Gasteiger charge is 2.11. The number of benzene rings is 1. The summed E-state index contributed by atoms with van der Waals surface area (Å²) in [5.41, 5.74) is 1.49. The molecule has 0 bridgehead atoms. The number of aromatic hydroxyl groups is 2. The number of pyridine rings is 1. The third-order valence-electron chi connectivity index (χ3n) is 2.73. The van der Waals surface area contributed by atoms with Crippen molar-refractivity contribution >= 4 is 0 Å². The molecule has 2 heterocycles. The molecule has 0 radical (unpaired) electrons. The third-order valence-corrected chi connectivity index (χ3v) is 2.73. The lowest BCUT2D eigenvalue weighted by atomic mass is 10.2. The maximum Gasteiger partial charge on any atom is 0.258 e. The quantitative estimate of drug-likeness (QED) is 0.756. The number of phenols is 2. The van der Waals surface area contributed by atoms with Crippen molar-refractivity contribution in [2.45, 2.75) is 6.42 Å². The fraction of sp³-hybridized carbons (Fsp3) is 0.0714. The topological polar surface area (TPSA) is 92.3 Å². The Bertz CT molecular complexity index is 705. The third kappa shape index (κ3) is 2.59. The van der Waals surface area contributed by atoms with Crippen molar-refractivity contribution < 1.29 is 14.7 Å². The van der Waals surface area contributed by atoms with E-state index in [1.807, 2.05) is 12.1 Å². The minimum Gasteiger partial charge on any atom is -0.508 e. The van der Waals surface area contributed by atoms with Gasteiger partial charge >= 0.3 is 0 Å². The molecule has 0 atom stereocenters. The van der Waals surface area contributed by atoms with E-state index in [9.17, 15) is 10.2 Å². The summed E-state index contributed by atoms with van der Waals surface area (Å²) >= 11 is 0. The molecule has 6 heteroatoms. The highest BCUT2D eigenvalue weighted by Crippen LogP contribution is 2.27. The fourth-order valence-electron chi connectivity index (χ4n) is 1.84. The van der Waals surface area contributed by atoms with Crippen LogP contribution in [-0.2, 0) is 6.42 Å². The van der Waals surface area contributed by atoms with Crippen molar-refractivity contribution in [1.29, 1.82) is 0 Å². The molecule has 20 heavy (non-hydrogen) atoms. The second-order valence-electron chi connectivity index (χ2n) is 4.29. The van der Waals surface area contributed by atoms with E-state index in [2.05, 4.69) is 15.1 Å². The van der Waals surface area contributed by atoms with Crippen LogP contribution in [0.2, 0.25) is 0 Å². The summed E-state index contributed by atoms with van der Waals surface area (Å²) in [6.07, 6.45) is 3.92. The molecule has 2 aromatic heterocycles. The number of aromatic nitrogens is 3. The number of hydrogen-bond donors (Lipinski definition) is 2. The van der Waals surface area contributed by atoms with Crippen molar-refractivity contribution in [3.63, 3.8) is 0 Å². The Morgan fingerprint density at radius 1 is 1.00 bits per heavy atom. The van der Waals surface area contributed by atoms with Crippen LogP contribution in [0.5, 0.6) is 11.5 Å². The molecule has 0 saturated heterocycles. The van der Waals surface area contributed by atoms with Gasteiger partial charge in [0.1, 0.15) is 11.5 Å². The molecule has 0 aliphatic rings. The summed E-state index contributed by atoms with van der Waals surface area (Å²) in [5, 5.41) is 22.8. The van der Waals surface area contributed by atoms with Gasteiger partial charge < -0.3 is 14.7 Å². The van der Waals surface area contributed by atoms with Crippen LogP contribution in [-0.4, -0.2) is 25.3 Å². The van der Waals surface area contributed by atoms with Crippen LogP contribution in [0.25, 0.3) is 11.5 Å². The Morgan fingerprint density at radius 3 is 2.40 bits per heavy atom. The summed E-state index contributed by atoms with van der Waals surface area (Å²) in [4.78, 5) is 8.18. The van der Waals surface area contributed by atoms with Gasteiger partial charge in [-0.3, -0.25) is 4.98 Å². The molecule has 0 spiro atoms. The lowest BCUT2D eigenvalue weighted by Gasteiger charge is -1.97. The summed E-state index contributed by atoms with van der Waals surface area (Å²) in [5.74, 6) is 0.650. The highest BCUT2D eigenvalue weighted by atomic mass is 16.5. The molecular weight excluding hydrogens is 258 g/mol. The zero-order valence-corrected chi connectivity index (χ0v) is 10.4. The van der Waals surface area contributed by atoms with E-state index >= 15 is 0 Å². The van der Waals surface area contributed by atoms with Crippen LogP contribution in [0.1, 0.15) is 11.4 Å². The average molecular weight is 269 g/mol. The molecule has 0 fully saturated rings. The standard InChI is InChI=1S/C14H11N3O3/c18-11-6-10(7-12(19)8-11)14-16-13(17-20-14)5-9-1-3-15-4-2-9/h1-4,6-8,18-19H,5H2. The largest absolute Gasteiger partial charge is 0.508 e. The number of hydrogen-bond acceptors (Lipinski definition) is 6. The minimum absolute atomic E-state index is 0.0612. The Balaban J connectivity index is 1.86. The van der Waals surface area contributed by atoms with E-state index in [-0.39, 0.29) is 17.4 Å². The maximum atomic E-state index is 9.44. The highest BCUT2D eigenvalue weighted by molar-refractivity contribution is 5.58. The molecule has 0 unspecified atom stereocenters. The number of nitrogens with zero attached hydrogens (tertiary/aromatic N) is 3. The molecule has 6 nitrogen and oxygen atoms in total. The van der Waals surface area contributed by atoms with Gasteiger partial charge in [0.05, 0.1) is 0 Å². The van der Waals surface area contributed by atoms with Gasteiger partial charge in [0.25, 0.3) is 5.89 Å². The zero-order valence-electron chi connectivity index (χ0n) is 10.4. The van der Waals surface area contributed by atoms with Gasteiger partial charge in [0, 0.05) is 30.4 Å². The summed E-state index contributed by atoms with van der Waals surface area (Å²) in [7, 11) is 0. The Kier molecular flexibility index (Phi) is 3.04. The monoisotopic (exact) mass is 269 g/mol. The van der Waals surface area contributed by atoms with Gasteiger partial charge in [0.2, 0.25) is 0 Å². The molecule has 1 aromatic carbocycles. The Morgan fingerprint density at radius 2 is 1.70 bits per heavy atom. The van der Waals surface area contributed by atoms with Gasteiger partial charge in [-0.05, 0) is 29.8 Å². The van der Waals surface area contributed by atoms with Crippen molar-refractivity contribution in [2.75, 3.05) is 0 Å². The molecule has 100 valence electrons. The normalized spacial score (nSPS) is 10.6. The lowest BCUT2D eigenvalue weighted by molar-refractivity contribution is 0.421. The average Bonchev–Trinajstić information content (AvgIpc) is 2.87. The van der Waals surface area contributed by atoms with Crippen molar-refractivity contribution in [2.24, 2.45) is 0 Å². The Hall–Kier alpha value is -2.89. The zero-order chi connectivity index (χ0) is 13.9. The first-order chi connectivity index (χ1) is 9.70. The van der Waals surface area contributed by atoms with Gasteiger partial charge in [-0.1, -0.05) is 5.16 Å². The molecule has 3 aromatic rings. The molecule has 2 N–H and O–H groups in total. The number of phenolic OH excluding ortho intramolecular Hbond substituents is 2. The lowest BCUT2D eigenvalue weighted by Crippen LogP contribution is -1.90. The molecular formula is C14H11N3O3. The smallest absolute Gasteiger partial charge is 0.258 e. The van der Waals surface area contributed by atoms with Crippen molar-refractivity contribution in [1.82, 2.24) is 15.1 Å². The molecule has 0 saturated carbocycles.